The number of unbranched alkanes of at least 4 members (excludes halogenated alkanes) is 20. The first kappa shape index (κ1) is 64.8. The molecule has 1 atom stereocenters. The van der Waals surface area contributed by atoms with E-state index in [1.165, 1.54) is 44.9 Å². The van der Waals surface area contributed by atoms with Gasteiger partial charge in [-0.1, -0.05) is 226 Å². The van der Waals surface area contributed by atoms with E-state index >= 15 is 0 Å². The van der Waals surface area contributed by atoms with Crippen LogP contribution in [0.5, 0.6) is 0 Å². The largest absolute Gasteiger partial charge is 0.462 e. The van der Waals surface area contributed by atoms with Gasteiger partial charge in [0.05, 0.1) is 0 Å². The second-order valence-corrected chi connectivity index (χ2v) is 18.1. The van der Waals surface area contributed by atoms with Crippen LogP contribution in [-0.4, -0.2) is 37.2 Å². The zero-order chi connectivity index (χ0) is 50.0. The van der Waals surface area contributed by atoms with E-state index in [9.17, 15) is 14.4 Å². The van der Waals surface area contributed by atoms with Crippen molar-refractivity contribution < 1.29 is 28.6 Å². The van der Waals surface area contributed by atoms with Gasteiger partial charge in [0.1, 0.15) is 13.2 Å². The van der Waals surface area contributed by atoms with Crippen LogP contribution >= 0.6 is 0 Å². The topological polar surface area (TPSA) is 78.9 Å². The summed E-state index contributed by atoms with van der Waals surface area (Å²) in [5.74, 6) is -0.963. The van der Waals surface area contributed by atoms with E-state index in [1.807, 2.05) is 0 Å². The highest BCUT2D eigenvalue weighted by Gasteiger charge is 2.19. The van der Waals surface area contributed by atoms with Crippen LogP contribution in [0.25, 0.3) is 0 Å². The van der Waals surface area contributed by atoms with E-state index < -0.39 is 6.10 Å². The van der Waals surface area contributed by atoms with E-state index in [0.29, 0.717) is 19.3 Å². The summed E-state index contributed by atoms with van der Waals surface area (Å²) in [6.07, 6.45) is 77.5. The summed E-state index contributed by atoms with van der Waals surface area (Å²) in [6, 6.07) is 0. The molecule has 0 fully saturated rings. The normalized spacial score (nSPS) is 13.0. The summed E-state index contributed by atoms with van der Waals surface area (Å²) in [4.78, 5) is 38.1. The summed E-state index contributed by atoms with van der Waals surface area (Å²) in [7, 11) is 0. The number of ether oxygens (including phenoxy) is 3. The molecule has 0 aliphatic rings. The van der Waals surface area contributed by atoms with Crippen LogP contribution in [0.4, 0.5) is 0 Å². The predicted molar refractivity (Wildman–Crippen MR) is 297 cm³/mol. The summed E-state index contributed by atoms with van der Waals surface area (Å²) in [5, 5.41) is 0. The van der Waals surface area contributed by atoms with Gasteiger partial charge in [-0.2, -0.15) is 0 Å². The first-order chi connectivity index (χ1) is 34.0. The molecule has 0 aliphatic heterocycles. The van der Waals surface area contributed by atoms with Crippen LogP contribution in [0.3, 0.4) is 0 Å². The molecule has 0 amide bonds. The van der Waals surface area contributed by atoms with Gasteiger partial charge in [0.2, 0.25) is 0 Å². The summed E-state index contributed by atoms with van der Waals surface area (Å²) >= 11 is 0. The maximum Gasteiger partial charge on any atom is 0.306 e. The molecule has 0 radical (unpaired) electrons. The number of allylic oxidation sites excluding steroid dienone is 20. The van der Waals surface area contributed by atoms with E-state index in [-0.39, 0.29) is 31.1 Å². The third-order valence-electron chi connectivity index (χ3n) is 11.5. The maximum absolute atomic E-state index is 12.9. The number of hydrogen-bond acceptors (Lipinski definition) is 6. The molecule has 0 aromatic rings. The average Bonchev–Trinajstić information content (AvgIpc) is 3.35. The quantitative estimate of drug-likeness (QED) is 0.0199. The van der Waals surface area contributed by atoms with Crippen LogP contribution in [0.2, 0.25) is 0 Å². The van der Waals surface area contributed by atoms with Gasteiger partial charge >= 0.3 is 17.9 Å². The minimum absolute atomic E-state index is 0.105. The Morgan fingerprint density at radius 2 is 0.623 bits per heavy atom. The first-order valence-electron chi connectivity index (χ1n) is 28.1. The van der Waals surface area contributed by atoms with Crippen molar-refractivity contribution in [2.75, 3.05) is 13.2 Å². The van der Waals surface area contributed by atoms with Crippen LogP contribution < -0.4 is 0 Å². The molecular weight excluding hydrogens is 853 g/mol. The smallest absolute Gasteiger partial charge is 0.306 e. The summed E-state index contributed by atoms with van der Waals surface area (Å²) in [6.45, 7) is 6.34. The van der Waals surface area contributed by atoms with Gasteiger partial charge in [-0.15, -0.1) is 0 Å². The third-order valence-corrected chi connectivity index (χ3v) is 11.5. The van der Waals surface area contributed by atoms with E-state index in [4.69, 9.17) is 14.2 Å². The van der Waals surface area contributed by atoms with Crippen LogP contribution in [-0.2, 0) is 28.6 Å². The fourth-order valence-electron chi connectivity index (χ4n) is 7.33. The first-order valence-corrected chi connectivity index (χ1v) is 28.1. The van der Waals surface area contributed by atoms with E-state index in [2.05, 4.69) is 142 Å². The summed E-state index contributed by atoms with van der Waals surface area (Å²) in [5.41, 5.74) is 0. The van der Waals surface area contributed by atoms with Crippen molar-refractivity contribution in [1.82, 2.24) is 0 Å². The average molecular weight is 956 g/mol. The van der Waals surface area contributed by atoms with Crippen molar-refractivity contribution in [2.45, 2.75) is 245 Å². The van der Waals surface area contributed by atoms with Gasteiger partial charge in [0.25, 0.3) is 0 Å². The lowest BCUT2D eigenvalue weighted by Crippen LogP contribution is -2.30. The molecule has 390 valence electrons. The molecular formula is C63H102O6. The molecule has 69 heavy (non-hydrogen) atoms. The molecule has 0 N–H and O–H groups in total. The Kier molecular flexibility index (Phi) is 53.0. The minimum Gasteiger partial charge on any atom is -0.462 e. The van der Waals surface area contributed by atoms with Crippen molar-refractivity contribution >= 4 is 17.9 Å². The molecule has 6 heteroatoms. The van der Waals surface area contributed by atoms with Crippen LogP contribution in [0.15, 0.2) is 122 Å². The van der Waals surface area contributed by atoms with Crippen LogP contribution in [0.1, 0.15) is 239 Å². The Balaban J connectivity index is 4.50. The van der Waals surface area contributed by atoms with E-state index in [1.54, 1.807) is 0 Å². The Hall–Kier alpha value is -4.19. The molecule has 0 saturated heterocycles. The van der Waals surface area contributed by atoms with Crippen molar-refractivity contribution in [3.63, 3.8) is 0 Å². The van der Waals surface area contributed by atoms with Gasteiger partial charge in [-0.05, 0) is 116 Å². The maximum atomic E-state index is 12.9. The molecule has 0 spiro atoms. The van der Waals surface area contributed by atoms with Crippen molar-refractivity contribution in [1.29, 1.82) is 0 Å². The van der Waals surface area contributed by atoms with E-state index in [0.717, 1.165) is 154 Å². The lowest BCUT2D eigenvalue weighted by molar-refractivity contribution is -0.167. The lowest BCUT2D eigenvalue weighted by Gasteiger charge is -2.18. The van der Waals surface area contributed by atoms with Gasteiger partial charge in [0.15, 0.2) is 6.10 Å². The Morgan fingerprint density at radius 3 is 1.00 bits per heavy atom. The van der Waals surface area contributed by atoms with Crippen molar-refractivity contribution in [3.05, 3.63) is 122 Å². The lowest BCUT2D eigenvalue weighted by atomic mass is 10.1. The standard InChI is InChI=1S/C63H102O6/c1-4-7-10-13-16-19-22-25-28-30-32-34-35-38-41-44-47-50-53-56-62(65)68-59-60(58-67-61(64)55-52-49-46-43-40-37-27-24-21-18-15-12-9-6-3)69-63(66)57-54-51-48-45-42-39-36-33-31-29-26-23-20-17-14-11-8-5-2/h7,9-10,12,16,18-19,21,23,25-29,31-34,36-37,60H,4-6,8,11,13-15,17,20,22,24,30,35,38-59H2,1-3H3/b10-7-,12-9-,19-16-,21-18-,26-23-,28-25-,31-29-,34-32-,36-33-,37-27-. The SMILES string of the molecule is CC/C=C\C/C=C\C/C=C\C/C=C\CCCCCCCCC(=O)OCC(COC(=O)CCCCCC/C=C\C/C=C\C/C=C\CC)OC(=O)CCCCCCC\C=C/C=C\C=C/CCCCCCC. The molecule has 0 bridgehead atoms. The Labute approximate surface area is 424 Å². The molecule has 6 nitrogen and oxygen atoms in total. The summed E-state index contributed by atoms with van der Waals surface area (Å²) < 4.78 is 16.8. The fourth-order valence-corrected chi connectivity index (χ4v) is 7.33. The zero-order valence-corrected chi connectivity index (χ0v) is 44.5. The Morgan fingerprint density at radius 1 is 0.319 bits per heavy atom. The molecule has 0 heterocycles. The Bertz CT molecular complexity index is 1470. The molecule has 0 rings (SSSR count). The van der Waals surface area contributed by atoms with Crippen molar-refractivity contribution in [3.8, 4) is 0 Å². The second-order valence-electron chi connectivity index (χ2n) is 18.1. The highest BCUT2D eigenvalue weighted by Crippen LogP contribution is 2.13. The predicted octanol–water partition coefficient (Wildman–Crippen LogP) is 18.9. The fraction of sp³-hybridized carbons (Fsp3) is 0.635. The van der Waals surface area contributed by atoms with Crippen molar-refractivity contribution in [2.24, 2.45) is 0 Å². The minimum atomic E-state index is -0.808. The number of rotatable bonds is 49. The number of carbonyl (C=O) groups is 3. The second kappa shape index (κ2) is 56.4. The van der Waals surface area contributed by atoms with Gasteiger partial charge < -0.3 is 14.2 Å². The number of hydrogen-bond donors (Lipinski definition) is 0. The monoisotopic (exact) mass is 955 g/mol. The molecule has 1 unspecified atom stereocenters. The van der Waals surface area contributed by atoms with Gasteiger partial charge in [-0.25, -0.2) is 0 Å². The third kappa shape index (κ3) is 54.6. The molecule has 0 aliphatic carbocycles. The number of carbonyl (C=O) groups excluding carboxylic acids is 3. The highest BCUT2D eigenvalue weighted by atomic mass is 16.6. The zero-order valence-electron chi connectivity index (χ0n) is 44.5. The molecule has 0 saturated carbocycles. The number of esters is 3. The highest BCUT2D eigenvalue weighted by molar-refractivity contribution is 5.71. The molecule has 0 aromatic carbocycles. The molecule has 0 aromatic heterocycles. The van der Waals surface area contributed by atoms with Crippen LogP contribution in [0, 0.1) is 0 Å². The van der Waals surface area contributed by atoms with Gasteiger partial charge in [-0.3, -0.25) is 14.4 Å². The van der Waals surface area contributed by atoms with Gasteiger partial charge in [0, 0.05) is 19.3 Å².